The lowest BCUT2D eigenvalue weighted by atomic mass is 10.1. The molecule has 0 fully saturated rings. The van der Waals surface area contributed by atoms with Crippen LogP contribution in [0.15, 0.2) is 48.5 Å². The lowest BCUT2D eigenvalue weighted by Gasteiger charge is -2.30. The molecule has 0 bridgehead atoms. The number of hydrogen-bond acceptors (Lipinski definition) is 3. The quantitative estimate of drug-likeness (QED) is 0.544. The topological polar surface area (TPSA) is 49.4 Å². The zero-order valence-electron chi connectivity index (χ0n) is 18.2. The maximum absolute atomic E-state index is 13.1. The molecule has 0 aromatic heterocycles. The van der Waals surface area contributed by atoms with E-state index in [2.05, 4.69) is 5.32 Å². The molecule has 0 unspecified atom stereocenters. The normalized spacial score (nSPS) is 12.8. The number of thioether (sulfide) groups is 1. The molecule has 0 aliphatic carbocycles. The lowest BCUT2D eigenvalue weighted by molar-refractivity contribution is -0.138. The van der Waals surface area contributed by atoms with Gasteiger partial charge in [-0.2, -0.15) is 0 Å². The molecule has 2 aromatic carbocycles. The monoisotopic (exact) mass is 446 g/mol. The second-order valence-electron chi connectivity index (χ2n) is 7.56. The summed E-state index contributed by atoms with van der Waals surface area (Å²) in [5, 5.41) is 3.70. The number of halogens is 1. The highest BCUT2D eigenvalue weighted by Crippen LogP contribution is 2.19. The molecule has 0 radical (unpaired) electrons. The summed E-state index contributed by atoms with van der Waals surface area (Å²) in [6, 6.07) is 15.1. The fourth-order valence-corrected chi connectivity index (χ4v) is 3.94. The van der Waals surface area contributed by atoms with E-state index < -0.39 is 6.04 Å². The van der Waals surface area contributed by atoms with Gasteiger partial charge in [0, 0.05) is 23.4 Å². The number of nitrogens with zero attached hydrogens (tertiary/aromatic N) is 1. The maximum Gasteiger partial charge on any atom is 0.242 e. The van der Waals surface area contributed by atoms with Gasteiger partial charge in [-0.1, -0.05) is 54.9 Å². The molecule has 2 aromatic rings. The standard InChI is InChI=1S/C24H31ClN2O2S/c1-5-18(3)26-24(29)19(4)27(14-21-9-7-6-8-17(21)2)23(28)16-30-15-20-10-12-22(25)13-11-20/h6-13,18-19H,5,14-16H2,1-4H3,(H,26,29)/t18-,19+/m1/s1. The highest BCUT2D eigenvalue weighted by Gasteiger charge is 2.27. The van der Waals surface area contributed by atoms with Gasteiger partial charge in [-0.25, -0.2) is 0 Å². The Kier molecular flexibility index (Phi) is 9.73. The Balaban J connectivity index is 2.08. The van der Waals surface area contributed by atoms with Crippen LogP contribution in [0.3, 0.4) is 0 Å². The molecule has 0 aliphatic rings. The van der Waals surface area contributed by atoms with Crippen molar-refractivity contribution >= 4 is 35.2 Å². The first-order valence-electron chi connectivity index (χ1n) is 10.3. The Labute approximate surface area is 189 Å². The van der Waals surface area contributed by atoms with E-state index in [1.807, 2.05) is 69.3 Å². The number of carbonyl (C=O) groups is 2. The van der Waals surface area contributed by atoms with Crippen LogP contribution in [0.1, 0.15) is 43.9 Å². The van der Waals surface area contributed by atoms with Gasteiger partial charge in [-0.05, 0) is 56.0 Å². The molecule has 1 N–H and O–H groups in total. The minimum Gasteiger partial charge on any atom is -0.352 e. The van der Waals surface area contributed by atoms with Gasteiger partial charge >= 0.3 is 0 Å². The predicted molar refractivity (Wildman–Crippen MR) is 127 cm³/mol. The third kappa shape index (κ3) is 7.37. The van der Waals surface area contributed by atoms with E-state index in [9.17, 15) is 9.59 Å². The van der Waals surface area contributed by atoms with Crippen LogP contribution in [-0.2, 0) is 21.9 Å². The number of nitrogens with one attached hydrogen (secondary N) is 1. The molecule has 162 valence electrons. The van der Waals surface area contributed by atoms with Crippen molar-refractivity contribution in [1.82, 2.24) is 10.2 Å². The third-order valence-electron chi connectivity index (χ3n) is 5.18. The molecule has 0 saturated heterocycles. The SMILES string of the molecule is CC[C@@H](C)NC(=O)[C@H](C)N(Cc1ccccc1C)C(=O)CSCc1ccc(Cl)cc1. The van der Waals surface area contributed by atoms with Crippen LogP contribution in [-0.4, -0.2) is 34.6 Å². The zero-order chi connectivity index (χ0) is 22.1. The summed E-state index contributed by atoms with van der Waals surface area (Å²) >= 11 is 7.48. The molecule has 6 heteroatoms. The van der Waals surface area contributed by atoms with Crippen LogP contribution in [0.5, 0.6) is 0 Å². The van der Waals surface area contributed by atoms with Crippen LogP contribution in [0.2, 0.25) is 5.02 Å². The molecular weight excluding hydrogens is 416 g/mol. The van der Waals surface area contributed by atoms with Crippen LogP contribution in [0, 0.1) is 6.92 Å². The highest BCUT2D eigenvalue weighted by molar-refractivity contribution is 7.99. The van der Waals surface area contributed by atoms with Crippen LogP contribution >= 0.6 is 23.4 Å². The van der Waals surface area contributed by atoms with Gasteiger partial charge < -0.3 is 10.2 Å². The van der Waals surface area contributed by atoms with Crippen molar-refractivity contribution in [1.29, 1.82) is 0 Å². The molecule has 30 heavy (non-hydrogen) atoms. The summed E-state index contributed by atoms with van der Waals surface area (Å²) in [5.41, 5.74) is 3.28. The Morgan fingerprint density at radius 2 is 1.77 bits per heavy atom. The number of benzene rings is 2. The van der Waals surface area contributed by atoms with E-state index in [1.165, 1.54) is 0 Å². The van der Waals surface area contributed by atoms with Gasteiger partial charge in [0.15, 0.2) is 0 Å². The van der Waals surface area contributed by atoms with Gasteiger partial charge in [0.05, 0.1) is 5.75 Å². The zero-order valence-corrected chi connectivity index (χ0v) is 19.7. The summed E-state index contributed by atoms with van der Waals surface area (Å²) in [4.78, 5) is 27.5. The van der Waals surface area contributed by atoms with Crippen molar-refractivity contribution in [2.45, 2.75) is 58.5 Å². The molecule has 2 rings (SSSR count). The second-order valence-corrected chi connectivity index (χ2v) is 8.98. The fourth-order valence-electron chi connectivity index (χ4n) is 2.94. The number of amides is 2. The van der Waals surface area contributed by atoms with E-state index in [-0.39, 0.29) is 17.9 Å². The molecule has 0 heterocycles. The van der Waals surface area contributed by atoms with Crippen molar-refractivity contribution in [2.75, 3.05) is 5.75 Å². The van der Waals surface area contributed by atoms with Crippen molar-refractivity contribution in [3.8, 4) is 0 Å². The van der Waals surface area contributed by atoms with Crippen molar-refractivity contribution in [3.05, 3.63) is 70.2 Å². The third-order valence-corrected chi connectivity index (χ3v) is 6.42. The summed E-state index contributed by atoms with van der Waals surface area (Å²) in [6.45, 7) is 8.25. The molecule has 0 aliphatic heterocycles. The minimum absolute atomic E-state index is 0.0379. The lowest BCUT2D eigenvalue weighted by Crippen LogP contribution is -2.50. The molecule has 2 amide bonds. The van der Waals surface area contributed by atoms with Gasteiger partial charge in [0.25, 0.3) is 0 Å². The highest BCUT2D eigenvalue weighted by atomic mass is 35.5. The maximum atomic E-state index is 13.1. The van der Waals surface area contributed by atoms with Crippen molar-refractivity contribution in [2.24, 2.45) is 0 Å². The molecular formula is C24H31ClN2O2S. The first-order chi connectivity index (χ1) is 14.3. The number of hydrogen-bond donors (Lipinski definition) is 1. The summed E-state index contributed by atoms with van der Waals surface area (Å²) in [7, 11) is 0. The van der Waals surface area contributed by atoms with E-state index >= 15 is 0 Å². The Bertz CT molecular complexity index is 841. The number of aryl methyl sites for hydroxylation is 1. The van der Waals surface area contributed by atoms with Crippen LogP contribution < -0.4 is 5.32 Å². The molecule has 4 nitrogen and oxygen atoms in total. The average molecular weight is 447 g/mol. The Morgan fingerprint density at radius 3 is 2.40 bits per heavy atom. The number of carbonyl (C=O) groups excluding carboxylic acids is 2. The van der Waals surface area contributed by atoms with E-state index in [0.717, 1.165) is 23.1 Å². The van der Waals surface area contributed by atoms with E-state index in [0.29, 0.717) is 23.1 Å². The van der Waals surface area contributed by atoms with Crippen molar-refractivity contribution in [3.63, 3.8) is 0 Å². The molecule has 0 spiro atoms. The van der Waals surface area contributed by atoms with Crippen molar-refractivity contribution < 1.29 is 9.59 Å². The fraction of sp³-hybridized carbons (Fsp3) is 0.417. The smallest absolute Gasteiger partial charge is 0.242 e. The van der Waals surface area contributed by atoms with Gasteiger partial charge in [-0.3, -0.25) is 9.59 Å². The largest absolute Gasteiger partial charge is 0.352 e. The summed E-state index contributed by atoms with van der Waals surface area (Å²) in [5.74, 6) is 0.877. The van der Waals surface area contributed by atoms with Gasteiger partial charge in [0.1, 0.15) is 6.04 Å². The van der Waals surface area contributed by atoms with Crippen LogP contribution in [0.25, 0.3) is 0 Å². The van der Waals surface area contributed by atoms with E-state index in [4.69, 9.17) is 11.6 Å². The molecule has 0 saturated carbocycles. The Hall–Kier alpha value is -1.98. The average Bonchev–Trinajstić information content (AvgIpc) is 2.73. The summed E-state index contributed by atoms with van der Waals surface area (Å²) < 4.78 is 0. The van der Waals surface area contributed by atoms with E-state index in [1.54, 1.807) is 23.6 Å². The first-order valence-corrected chi connectivity index (χ1v) is 11.8. The first kappa shape index (κ1) is 24.3. The predicted octanol–water partition coefficient (Wildman–Crippen LogP) is 5.21. The van der Waals surface area contributed by atoms with Gasteiger partial charge in [0.2, 0.25) is 11.8 Å². The molecule has 2 atom stereocenters. The second kappa shape index (κ2) is 12.0. The van der Waals surface area contributed by atoms with Gasteiger partial charge in [-0.15, -0.1) is 11.8 Å². The minimum atomic E-state index is -0.540. The Morgan fingerprint density at radius 1 is 1.10 bits per heavy atom. The number of rotatable bonds is 10. The summed E-state index contributed by atoms with van der Waals surface area (Å²) in [6.07, 6.45) is 0.848. The van der Waals surface area contributed by atoms with Crippen LogP contribution in [0.4, 0.5) is 0 Å².